The Hall–Kier alpha value is -1.13. The number of nitrogens with one attached hydrogen (secondary N) is 1. The van der Waals surface area contributed by atoms with E-state index >= 15 is 0 Å². The first-order chi connectivity index (χ1) is 9.70. The van der Waals surface area contributed by atoms with Crippen LogP contribution in [0.5, 0.6) is 0 Å². The minimum atomic E-state index is 0.505. The molecule has 1 heterocycles. The molecule has 1 aromatic heterocycles. The average Bonchev–Trinajstić information content (AvgIpc) is 3.21. The number of halogens is 2. The van der Waals surface area contributed by atoms with Crippen LogP contribution in [0.3, 0.4) is 0 Å². The number of hydrogen-bond donors (Lipinski definition) is 1. The van der Waals surface area contributed by atoms with Crippen LogP contribution in [-0.4, -0.2) is 9.97 Å². The van der Waals surface area contributed by atoms with Crippen molar-refractivity contribution in [3.63, 3.8) is 0 Å². The third-order valence-electron chi connectivity index (χ3n) is 3.33. The monoisotopic (exact) mass is 351 g/mol. The van der Waals surface area contributed by atoms with E-state index in [1.807, 2.05) is 18.2 Å². The Kier molecular flexibility index (Phi) is 4.22. The van der Waals surface area contributed by atoms with Gasteiger partial charge in [0.15, 0.2) is 0 Å². The molecule has 0 atom stereocenters. The predicted molar refractivity (Wildman–Crippen MR) is 84.9 cm³/mol. The Bertz CT molecular complexity index is 614. The fraction of sp³-hybridized carbons (Fsp3) is 0.333. The van der Waals surface area contributed by atoms with Crippen molar-refractivity contribution in [1.29, 1.82) is 0 Å². The van der Waals surface area contributed by atoms with Crippen LogP contribution in [0.15, 0.2) is 34.8 Å². The van der Waals surface area contributed by atoms with Gasteiger partial charge >= 0.3 is 0 Å². The van der Waals surface area contributed by atoms with Gasteiger partial charge in [-0.1, -0.05) is 45.7 Å². The SMILES string of the molecule is Clc1cc(NCc2ccccc2Br)nc(CC2CC2)n1. The van der Waals surface area contributed by atoms with Crippen LogP contribution in [0.1, 0.15) is 24.2 Å². The number of aromatic nitrogens is 2. The maximum absolute atomic E-state index is 6.07. The van der Waals surface area contributed by atoms with Gasteiger partial charge in [0, 0.05) is 23.5 Å². The van der Waals surface area contributed by atoms with E-state index in [1.54, 1.807) is 6.07 Å². The lowest BCUT2D eigenvalue weighted by Gasteiger charge is -2.09. The summed E-state index contributed by atoms with van der Waals surface area (Å²) in [6, 6.07) is 9.90. The summed E-state index contributed by atoms with van der Waals surface area (Å²) in [5, 5.41) is 3.82. The highest BCUT2D eigenvalue weighted by atomic mass is 79.9. The van der Waals surface area contributed by atoms with Crippen molar-refractivity contribution in [3.8, 4) is 0 Å². The van der Waals surface area contributed by atoms with Crippen molar-refractivity contribution < 1.29 is 0 Å². The summed E-state index contributed by atoms with van der Waals surface area (Å²) in [6.07, 6.45) is 3.51. The summed E-state index contributed by atoms with van der Waals surface area (Å²) in [6.45, 7) is 0.706. The van der Waals surface area contributed by atoms with Crippen LogP contribution in [0.4, 0.5) is 5.82 Å². The second-order valence-corrected chi connectivity index (χ2v) is 6.33. The van der Waals surface area contributed by atoms with E-state index in [2.05, 4.69) is 37.3 Å². The molecule has 0 aliphatic heterocycles. The number of benzene rings is 1. The van der Waals surface area contributed by atoms with Gasteiger partial charge in [0.05, 0.1) is 0 Å². The summed E-state index contributed by atoms with van der Waals surface area (Å²) in [5.74, 6) is 2.38. The van der Waals surface area contributed by atoms with Gasteiger partial charge in [0.2, 0.25) is 0 Å². The fourth-order valence-electron chi connectivity index (χ4n) is 2.05. The zero-order valence-electron chi connectivity index (χ0n) is 10.9. The van der Waals surface area contributed by atoms with Gasteiger partial charge in [-0.25, -0.2) is 9.97 Å². The predicted octanol–water partition coefficient (Wildman–Crippen LogP) is 4.46. The van der Waals surface area contributed by atoms with E-state index in [0.717, 1.165) is 28.5 Å². The summed E-state index contributed by atoms with van der Waals surface area (Å²) >= 11 is 9.61. The zero-order chi connectivity index (χ0) is 13.9. The molecule has 2 aromatic rings. The van der Waals surface area contributed by atoms with Gasteiger partial charge in [-0.2, -0.15) is 0 Å². The quantitative estimate of drug-likeness (QED) is 0.807. The number of nitrogens with zero attached hydrogens (tertiary/aromatic N) is 2. The van der Waals surface area contributed by atoms with Crippen LogP contribution in [0.25, 0.3) is 0 Å². The molecule has 104 valence electrons. The molecule has 0 radical (unpaired) electrons. The molecular weight excluding hydrogens is 338 g/mol. The lowest BCUT2D eigenvalue weighted by Crippen LogP contribution is -2.05. The standard InChI is InChI=1S/C15H15BrClN3/c16-12-4-2-1-3-11(12)9-18-14-8-13(17)19-15(20-14)7-10-5-6-10/h1-4,8,10H,5-7,9H2,(H,18,19,20). The van der Waals surface area contributed by atoms with Crippen LogP contribution in [-0.2, 0) is 13.0 Å². The van der Waals surface area contributed by atoms with Crippen LogP contribution < -0.4 is 5.32 Å². The molecule has 3 rings (SSSR count). The zero-order valence-corrected chi connectivity index (χ0v) is 13.3. The largest absolute Gasteiger partial charge is 0.366 e. The lowest BCUT2D eigenvalue weighted by molar-refractivity contribution is 0.770. The smallest absolute Gasteiger partial charge is 0.134 e. The molecule has 0 unspecified atom stereocenters. The molecular formula is C15H15BrClN3. The van der Waals surface area contributed by atoms with Gasteiger partial charge < -0.3 is 5.32 Å². The first-order valence-corrected chi connectivity index (χ1v) is 7.88. The molecule has 0 saturated heterocycles. The Morgan fingerprint density at radius 2 is 2.05 bits per heavy atom. The summed E-state index contributed by atoms with van der Waals surface area (Å²) < 4.78 is 1.09. The molecule has 1 fully saturated rings. The van der Waals surface area contributed by atoms with E-state index < -0.39 is 0 Å². The third-order valence-corrected chi connectivity index (χ3v) is 4.29. The van der Waals surface area contributed by atoms with Crippen LogP contribution >= 0.6 is 27.5 Å². The van der Waals surface area contributed by atoms with E-state index in [9.17, 15) is 0 Å². The molecule has 1 aliphatic carbocycles. The highest BCUT2D eigenvalue weighted by molar-refractivity contribution is 9.10. The summed E-state index contributed by atoms with van der Waals surface area (Å²) in [4.78, 5) is 8.83. The molecule has 1 aromatic carbocycles. The maximum Gasteiger partial charge on any atom is 0.134 e. The molecule has 0 bridgehead atoms. The van der Waals surface area contributed by atoms with E-state index in [-0.39, 0.29) is 0 Å². The van der Waals surface area contributed by atoms with Gasteiger partial charge in [-0.05, 0) is 30.4 Å². The van der Waals surface area contributed by atoms with E-state index in [4.69, 9.17) is 11.6 Å². The van der Waals surface area contributed by atoms with E-state index in [1.165, 1.54) is 18.4 Å². The number of rotatable bonds is 5. The molecule has 20 heavy (non-hydrogen) atoms. The Morgan fingerprint density at radius 3 is 2.80 bits per heavy atom. The topological polar surface area (TPSA) is 37.8 Å². The molecule has 5 heteroatoms. The average molecular weight is 353 g/mol. The van der Waals surface area contributed by atoms with Crippen LogP contribution in [0, 0.1) is 5.92 Å². The summed E-state index contributed by atoms with van der Waals surface area (Å²) in [7, 11) is 0. The molecule has 1 N–H and O–H groups in total. The molecule has 0 amide bonds. The second-order valence-electron chi connectivity index (χ2n) is 5.08. The molecule has 3 nitrogen and oxygen atoms in total. The molecule has 1 aliphatic rings. The Morgan fingerprint density at radius 1 is 1.25 bits per heavy atom. The minimum Gasteiger partial charge on any atom is -0.366 e. The highest BCUT2D eigenvalue weighted by Crippen LogP contribution is 2.32. The van der Waals surface area contributed by atoms with Gasteiger partial charge in [-0.3, -0.25) is 0 Å². The summed E-state index contributed by atoms with van der Waals surface area (Å²) in [5.41, 5.74) is 1.19. The molecule has 0 spiro atoms. The highest BCUT2D eigenvalue weighted by Gasteiger charge is 2.23. The van der Waals surface area contributed by atoms with Gasteiger partial charge in [0.25, 0.3) is 0 Å². The van der Waals surface area contributed by atoms with Crippen molar-refractivity contribution in [2.24, 2.45) is 5.92 Å². The maximum atomic E-state index is 6.07. The normalized spacial score (nSPS) is 14.3. The third kappa shape index (κ3) is 3.70. The Balaban J connectivity index is 1.70. The van der Waals surface area contributed by atoms with Crippen molar-refractivity contribution in [3.05, 3.63) is 51.3 Å². The lowest BCUT2D eigenvalue weighted by atomic mass is 10.2. The number of anilines is 1. The molecule has 1 saturated carbocycles. The van der Waals surface area contributed by atoms with Crippen molar-refractivity contribution in [1.82, 2.24) is 9.97 Å². The first kappa shape index (κ1) is 13.8. The minimum absolute atomic E-state index is 0.505. The van der Waals surface area contributed by atoms with E-state index in [0.29, 0.717) is 11.7 Å². The fourth-order valence-corrected chi connectivity index (χ4v) is 2.68. The van der Waals surface area contributed by atoms with Crippen molar-refractivity contribution >= 4 is 33.3 Å². The number of hydrogen-bond acceptors (Lipinski definition) is 3. The van der Waals surface area contributed by atoms with Gasteiger partial charge in [0.1, 0.15) is 16.8 Å². The van der Waals surface area contributed by atoms with Gasteiger partial charge in [-0.15, -0.1) is 0 Å². The van der Waals surface area contributed by atoms with Crippen LogP contribution in [0.2, 0.25) is 5.15 Å². The second kappa shape index (κ2) is 6.10. The first-order valence-electron chi connectivity index (χ1n) is 6.71. The Labute approximate surface area is 131 Å². The van der Waals surface area contributed by atoms with Crippen molar-refractivity contribution in [2.75, 3.05) is 5.32 Å². The van der Waals surface area contributed by atoms with Crippen molar-refractivity contribution in [2.45, 2.75) is 25.8 Å².